The van der Waals surface area contributed by atoms with E-state index in [9.17, 15) is 14.7 Å². The Hall–Kier alpha value is -3.64. The molecule has 0 spiro atoms. The number of aliphatic hydroxyl groups is 1. The number of benzene rings is 2. The molecule has 1 aromatic heterocycles. The van der Waals surface area contributed by atoms with E-state index in [4.69, 9.17) is 16.3 Å². The molecule has 2 aromatic carbocycles. The summed E-state index contributed by atoms with van der Waals surface area (Å²) in [5.41, 5.74) is 2.32. The topological polar surface area (TPSA) is 79.7 Å². The Morgan fingerprint density at radius 2 is 1.88 bits per heavy atom. The molecule has 1 aliphatic heterocycles. The molecule has 174 valence electrons. The molecule has 0 radical (unpaired) electrons. The summed E-state index contributed by atoms with van der Waals surface area (Å²) in [7, 11) is 1.45. The molecule has 2 heterocycles. The third-order valence-electron chi connectivity index (χ3n) is 5.86. The van der Waals surface area contributed by atoms with Gasteiger partial charge in [-0.15, -0.1) is 0 Å². The molecule has 1 fully saturated rings. The smallest absolute Gasteiger partial charge is 0.300 e. The predicted octanol–water partition coefficient (Wildman–Crippen LogP) is 5.71. The van der Waals surface area contributed by atoms with Crippen LogP contribution in [0.5, 0.6) is 5.75 Å². The number of aryl methyl sites for hydroxylation is 1. The van der Waals surface area contributed by atoms with Crippen molar-refractivity contribution in [1.82, 2.24) is 4.98 Å². The minimum absolute atomic E-state index is 0.0701. The maximum Gasteiger partial charge on any atom is 0.300 e. The van der Waals surface area contributed by atoms with E-state index in [1.54, 1.807) is 36.5 Å². The number of carbonyl (C=O) groups excluding carboxylic acids is 2. The number of carbonyl (C=O) groups is 2. The zero-order chi connectivity index (χ0) is 24.2. The van der Waals surface area contributed by atoms with Crippen LogP contribution in [0.2, 0.25) is 5.02 Å². The van der Waals surface area contributed by atoms with Gasteiger partial charge in [0, 0.05) is 16.9 Å². The van der Waals surface area contributed by atoms with Crippen molar-refractivity contribution in [2.75, 3.05) is 12.0 Å². The first kappa shape index (κ1) is 23.5. The first-order chi connectivity index (χ1) is 16.5. The van der Waals surface area contributed by atoms with Crippen molar-refractivity contribution in [3.8, 4) is 5.75 Å². The summed E-state index contributed by atoms with van der Waals surface area (Å²) in [5.74, 6) is -1.58. The zero-order valence-electron chi connectivity index (χ0n) is 19.0. The van der Waals surface area contributed by atoms with Crippen LogP contribution in [-0.2, 0) is 16.0 Å². The monoisotopic (exact) mass is 476 g/mol. The van der Waals surface area contributed by atoms with Crippen LogP contribution >= 0.6 is 11.6 Å². The van der Waals surface area contributed by atoms with Gasteiger partial charge in [0.05, 0.1) is 23.9 Å². The van der Waals surface area contributed by atoms with E-state index >= 15 is 0 Å². The highest BCUT2D eigenvalue weighted by Crippen LogP contribution is 2.43. The molecule has 0 aliphatic carbocycles. The summed E-state index contributed by atoms with van der Waals surface area (Å²) in [4.78, 5) is 32.3. The Bertz CT molecular complexity index is 1240. The lowest BCUT2D eigenvalue weighted by Crippen LogP contribution is -2.29. The average Bonchev–Trinajstić information content (AvgIpc) is 3.13. The van der Waals surface area contributed by atoms with Crippen molar-refractivity contribution in [3.63, 3.8) is 0 Å². The first-order valence-electron chi connectivity index (χ1n) is 11.1. The number of hydrogen-bond donors (Lipinski definition) is 1. The molecule has 0 bridgehead atoms. The molecular weight excluding hydrogens is 452 g/mol. The van der Waals surface area contributed by atoms with Crippen LogP contribution in [0.25, 0.3) is 5.76 Å². The van der Waals surface area contributed by atoms with Gasteiger partial charge in [-0.3, -0.25) is 19.5 Å². The molecule has 1 unspecified atom stereocenters. The van der Waals surface area contributed by atoms with Crippen LogP contribution in [0.1, 0.15) is 42.6 Å². The van der Waals surface area contributed by atoms with Gasteiger partial charge in [-0.25, -0.2) is 0 Å². The molecular formula is C27H25ClN2O4. The Morgan fingerprint density at radius 3 is 2.53 bits per heavy atom. The fourth-order valence-corrected chi connectivity index (χ4v) is 4.30. The number of aliphatic hydroxyl groups excluding tert-OH is 1. The van der Waals surface area contributed by atoms with E-state index in [0.717, 1.165) is 24.8 Å². The molecule has 1 N–H and O–H groups in total. The van der Waals surface area contributed by atoms with Crippen molar-refractivity contribution < 1.29 is 19.4 Å². The summed E-state index contributed by atoms with van der Waals surface area (Å²) in [6, 6.07) is 16.6. The molecule has 1 aliphatic rings. The maximum absolute atomic E-state index is 13.3. The maximum atomic E-state index is 13.3. The van der Waals surface area contributed by atoms with Gasteiger partial charge >= 0.3 is 0 Å². The van der Waals surface area contributed by atoms with Crippen molar-refractivity contribution in [1.29, 1.82) is 0 Å². The van der Waals surface area contributed by atoms with Crippen molar-refractivity contribution in [3.05, 3.63) is 94.3 Å². The fraction of sp³-hybridized carbons (Fsp3) is 0.222. The van der Waals surface area contributed by atoms with E-state index in [-0.39, 0.29) is 16.9 Å². The number of halogens is 1. The largest absolute Gasteiger partial charge is 0.507 e. The number of ether oxygens (including phenoxy) is 1. The highest BCUT2D eigenvalue weighted by atomic mass is 35.5. The molecule has 0 saturated carbocycles. The number of methoxy groups -OCH3 is 1. The van der Waals surface area contributed by atoms with Crippen molar-refractivity contribution >= 4 is 34.7 Å². The molecule has 1 atom stereocenters. The number of nitrogens with zero attached hydrogens (tertiary/aromatic N) is 2. The predicted molar refractivity (Wildman–Crippen MR) is 132 cm³/mol. The van der Waals surface area contributed by atoms with E-state index in [0.29, 0.717) is 22.2 Å². The van der Waals surface area contributed by atoms with Crippen LogP contribution < -0.4 is 9.64 Å². The molecule has 1 saturated heterocycles. The molecule has 3 aromatic rings. The third-order valence-corrected chi connectivity index (χ3v) is 6.10. The van der Waals surface area contributed by atoms with Crippen molar-refractivity contribution in [2.24, 2.45) is 0 Å². The normalized spacial score (nSPS) is 17.3. The quantitative estimate of drug-likeness (QED) is 0.268. The van der Waals surface area contributed by atoms with Gasteiger partial charge in [-0.1, -0.05) is 43.1 Å². The zero-order valence-corrected chi connectivity index (χ0v) is 19.7. The third kappa shape index (κ3) is 4.41. The summed E-state index contributed by atoms with van der Waals surface area (Å²) in [5, 5.41) is 11.7. The number of amides is 1. The summed E-state index contributed by atoms with van der Waals surface area (Å²) in [6.45, 7) is 2.13. The van der Waals surface area contributed by atoms with E-state index in [1.165, 1.54) is 18.1 Å². The minimum atomic E-state index is -0.911. The molecule has 1 amide bonds. The Labute approximate surface area is 203 Å². The Kier molecular flexibility index (Phi) is 6.98. The van der Waals surface area contributed by atoms with Crippen LogP contribution in [0.3, 0.4) is 0 Å². The molecule has 6 nitrogen and oxygen atoms in total. The Morgan fingerprint density at radius 1 is 1.12 bits per heavy atom. The van der Waals surface area contributed by atoms with Gasteiger partial charge in [-0.05, 0) is 60.9 Å². The van der Waals surface area contributed by atoms with Gasteiger partial charge in [0.25, 0.3) is 11.7 Å². The van der Waals surface area contributed by atoms with Crippen molar-refractivity contribution in [2.45, 2.75) is 32.2 Å². The lowest BCUT2D eigenvalue weighted by Gasteiger charge is -2.25. The number of pyridine rings is 1. The lowest BCUT2D eigenvalue weighted by molar-refractivity contribution is -0.132. The summed E-state index contributed by atoms with van der Waals surface area (Å²) in [6.07, 6.45) is 4.68. The Balaban J connectivity index is 1.88. The first-order valence-corrected chi connectivity index (χ1v) is 11.5. The molecule has 4 rings (SSSR count). The minimum Gasteiger partial charge on any atom is -0.507 e. The number of aromatic nitrogens is 1. The van der Waals surface area contributed by atoms with E-state index < -0.39 is 17.7 Å². The number of anilines is 1. The van der Waals surface area contributed by atoms with Crippen LogP contribution in [0.4, 0.5) is 5.69 Å². The SMILES string of the molecule is CCCCc1ccc(N2C(=O)C(=O)/C(=C(/O)c3cc(Cl)ccc3OC)C2c2ccccn2)cc1. The number of Topliss-reactive ketones (excluding diaryl/α,β-unsaturated/α-hetero) is 1. The second-order valence-electron chi connectivity index (χ2n) is 8.04. The second kappa shape index (κ2) is 10.1. The van der Waals surface area contributed by atoms with Gasteiger partial charge in [-0.2, -0.15) is 0 Å². The fourth-order valence-electron chi connectivity index (χ4n) is 4.13. The lowest BCUT2D eigenvalue weighted by atomic mass is 9.97. The number of ketones is 1. The summed E-state index contributed by atoms with van der Waals surface area (Å²) < 4.78 is 5.36. The number of unbranched alkanes of at least 4 members (excludes halogenated alkanes) is 1. The standard InChI is InChI=1S/C27H25ClN2O4/c1-3-4-7-17-9-12-19(13-10-17)30-24(21-8-5-6-15-29-21)23(26(32)27(30)33)25(31)20-16-18(28)11-14-22(20)34-2/h5-6,8-16,24,31H,3-4,7H2,1-2H3/b25-23+. The van der Waals surface area contributed by atoms with E-state index in [1.807, 2.05) is 24.3 Å². The number of hydrogen-bond acceptors (Lipinski definition) is 5. The summed E-state index contributed by atoms with van der Waals surface area (Å²) >= 11 is 6.15. The van der Waals surface area contributed by atoms with E-state index in [2.05, 4.69) is 11.9 Å². The average molecular weight is 477 g/mol. The van der Waals surface area contributed by atoms with Crippen LogP contribution in [-0.4, -0.2) is 28.9 Å². The van der Waals surface area contributed by atoms with Crippen LogP contribution in [0.15, 0.2) is 72.4 Å². The molecule has 34 heavy (non-hydrogen) atoms. The van der Waals surface area contributed by atoms with Gasteiger partial charge in [0.15, 0.2) is 0 Å². The van der Waals surface area contributed by atoms with Crippen LogP contribution in [0, 0.1) is 0 Å². The van der Waals surface area contributed by atoms with Gasteiger partial charge in [0.1, 0.15) is 17.6 Å². The van der Waals surface area contributed by atoms with Gasteiger partial charge in [0.2, 0.25) is 0 Å². The molecule has 7 heteroatoms. The highest BCUT2D eigenvalue weighted by Gasteiger charge is 2.47. The highest BCUT2D eigenvalue weighted by molar-refractivity contribution is 6.51. The van der Waals surface area contributed by atoms with Gasteiger partial charge < -0.3 is 9.84 Å². The number of rotatable bonds is 7. The second-order valence-corrected chi connectivity index (χ2v) is 8.47.